The SMILES string of the molecule is O=S(=O)(c1ccc(Cl)c(Cl)c1)N1CCN(S(=O)(=O)c2cnc(-c3ccc(F)cc3)s2)CC1. The molecule has 0 unspecified atom stereocenters. The highest BCUT2D eigenvalue weighted by Gasteiger charge is 2.35. The number of sulfonamides is 2. The molecule has 2 heterocycles. The lowest BCUT2D eigenvalue weighted by Gasteiger charge is -2.32. The molecule has 0 radical (unpaired) electrons. The normalized spacial score (nSPS) is 16.3. The van der Waals surface area contributed by atoms with Crippen LogP contribution in [0.3, 0.4) is 0 Å². The van der Waals surface area contributed by atoms with Crippen LogP contribution in [0.2, 0.25) is 10.0 Å². The molecular formula is C19H16Cl2FN3O4S3. The highest BCUT2D eigenvalue weighted by Crippen LogP contribution is 2.31. The van der Waals surface area contributed by atoms with Crippen molar-refractivity contribution in [1.29, 1.82) is 0 Å². The fourth-order valence-corrected chi connectivity index (χ4v) is 7.69. The average molecular weight is 536 g/mol. The zero-order valence-electron chi connectivity index (χ0n) is 16.3. The van der Waals surface area contributed by atoms with Gasteiger partial charge in [0.05, 0.1) is 21.1 Å². The Labute approximate surface area is 199 Å². The lowest BCUT2D eigenvalue weighted by Crippen LogP contribution is -2.50. The highest BCUT2D eigenvalue weighted by molar-refractivity contribution is 7.91. The number of rotatable bonds is 5. The van der Waals surface area contributed by atoms with Crippen molar-refractivity contribution >= 4 is 54.6 Å². The van der Waals surface area contributed by atoms with Crippen LogP contribution in [-0.2, 0) is 20.0 Å². The smallest absolute Gasteiger partial charge is 0.243 e. The van der Waals surface area contributed by atoms with Crippen LogP contribution in [0.1, 0.15) is 0 Å². The molecule has 7 nitrogen and oxygen atoms in total. The van der Waals surface area contributed by atoms with Crippen molar-refractivity contribution in [3.05, 3.63) is 64.5 Å². The molecule has 13 heteroatoms. The van der Waals surface area contributed by atoms with Gasteiger partial charge in [0.2, 0.25) is 10.0 Å². The van der Waals surface area contributed by atoms with Crippen LogP contribution in [0.4, 0.5) is 4.39 Å². The van der Waals surface area contributed by atoms with Crippen molar-refractivity contribution in [2.75, 3.05) is 26.2 Å². The fourth-order valence-electron chi connectivity index (χ4n) is 3.17. The largest absolute Gasteiger partial charge is 0.254 e. The van der Waals surface area contributed by atoms with Crippen molar-refractivity contribution in [3.63, 3.8) is 0 Å². The Morgan fingerprint density at radius 2 is 1.44 bits per heavy atom. The van der Waals surface area contributed by atoms with Crippen molar-refractivity contribution in [2.45, 2.75) is 9.10 Å². The molecule has 0 amide bonds. The van der Waals surface area contributed by atoms with Gasteiger partial charge in [0, 0.05) is 31.7 Å². The number of halogens is 3. The van der Waals surface area contributed by atoms with Gasteiger partial charge in [-0.25, -0.2) is 26.2 Å². The van der Waals surface area contributed by atoms with Crippen LogP contribution in [0, 0.1) is 5.82 Å². The van der Waals surface area contributed by atoms with Gasteiger partial charge in [-0.3, -0.25) is 0 Å². The quantitative estimate of drug-likeness (QED) is 0.493. The van der Waals surface area contributed by atoms with Gasteiger partial charge < -0.3 is 0 Å². The van der Waals surface area contributed by atoms with Gasteiger partial charge in [-0.15, -0.1) is 11.3 Å². The molecule has 0 atom stereocenters. The third-order valence-electron chi connectivity index (χ3n) is 4.90. The Balaban J connectivity index is 1.49. The molecule has 0 spiro atoms. The molecule has 3 aromatic rings. The zero-order chi connectivity index (χ0) is 23.1. The molecule has 0 aliphatic carbocycles. The first-order valence-electron chi connectivity index (χ1n) is 9.26. The second-order valence-electron chi connectivity index (χ2n) is 6.88. The van der Waals surface area contributed by atoms with E-state index in [4.69, 9.17) is 23.2 Å². The number of hydrogen-bond acceptors (Lipinski definition) is 6. The molecular weight excluding hydrogens is 520 g/mol. The monoisotopic (exact) mass is 535 g/mol. The first-order chi connectivity index (χ1) is 15.1. The summed E-state index contributed by atoms with van der Waals surface area (Å²) in [6, 6.07) is 9.64. The maximum atomic E-state index is 13.1. The van der Waals surface area contributed by atoms with Crippen LogP contribution < -0.4 is 0 Å². The molecule has 32 heavy (non-hydrogen) atoms. The molecule has 1 saturated heterocycles. The lowest BCUT2D eigenvalue weighted by atomic mass is 10.2. The highest BCUT2D eigenvalue weighted by atomic mass is 35.5. The first-order valence-corrected chi connectivity index (χ1v) is 13.7. The second kappa shape index (κ2) is 8.98. The Hall–Kier alpha value is -1.60. The summed E-state index contributed by atoms with van der Waals surface area (Å²) < 4.78 is 67.4. The van der Waals surface area contributed by atoms with E-state index < -0.39 is 25.9 Å². The van der Waals surface area contributed by atoms with E-state index in [1.807, 2.05) is 0 Å². The number of thiazole rings is 1. The summed E-state index contributed by atoms with van der Waals surface area (Å²) in [7, 11) is -7.69. The fraction of sp³-hybridized carbons (Fsp3) is 0.211. The second-order valence-corrected chi connectivity index (χ2v) is 12.8. The van der Waals surface area contributed by atoms with Gasteiger partial charge in [0.25, 0.3) is 10.0 Å². The van der Waals surface area contributed by atoms with Crippen molar-refractivity contribution in [3.8, 4) is 10.6 Å². The average Bonchev–Trinajstić information content (AvgIpc) is 3.27. The number of benzene rings is 2. The molecule has 0 saturated carbocycles. The molecule has 1 aliphatic rings. The van der Waals surface area contributed by atoms with E-state index in [2.05, 4.69) is 4.98 Å². The first kappa shape index (κ1) is 23.6. The summed E-state index contributed by atoms with van der Waals surface area (Å²) in [4.78, 5) is 4.14. The van der Waals surface area contributed by atoms with Crippen LogP contribution >= 0.6 is 34.5 Å². The summed E-state index contributed by atoms with van der Waals surface area (Å²) in [6.07, 6.45) is 1.26. The van der Waals surface area contributed by atoms with E-state index >= 15 is 0 Å². The van der Waals surface area contributed by atoms with Gasteiger partial charge >= 0.3 is 0 Å². The maximum absolute atomic E-state index is 13.1. The number of aromatic nitrogens is 1. The van der Waals surface area contributed by atoms with Crippen molar-refractivity contribution in [1.82, 2.24) is 13.6 Å². The van der Waals surface area contributed by atoms with E-state index in [1.165, 1.54) is 57.3 Å². The van der Waals surface area contributed by atoms with Crippen molar-refractivity contribution in [2.24, 2.45) is 0 Å². The van der Waals surface area contributed by atoms with Crippen molar-refractivity contribution < 1.29 is 21.2 Å². The Morgan fingerprint density at radius 1 is 0.844 bits per heavy atom. The van der Waals surface area contributed by atoms with Crippen LogP contribution in [0.15, 0.2) is 57.8 Å². The van der Waals surface area contributed by atoms with Crippen LogP contribution in [0.5, 0.6) is 0 Å². The minimum Gasteiger partial charge on any atom is -0.243 e. The molecule has 170 valence electrons. The summed E-state index contributed by atoms with van der Waals surface area (Å²) >= 11 is 12.8. The summed E-state index contributed by atoms with van der Waals surface area (Å²) in [5.41, 5.74) is 0.607. The predicted molar refractivity (Wildman–Crippen MR) is 121 cm³/mol. The minimum absolute atomic E-state index is 0.00500. The van der Waals surface area contributed by atoms with Gasteiger partial charge in [0.15, 0.2) is 4.21 Å². The number of hydrogen-bond donors (Lipinski definition) is 0. The minimum atomic E-state index is -3.85. The molecule has 0 N–H and O–H groups in total. The van der Waals surface area contributed by atoms with Gasteiger partial charge in [-0.2, -0.15) is 8.61 Å². The van der Waals surface area contributed by atoms with E-state index in [9.17, 15) is 21.2 Å². The van der Waals surface area contributed by atoms with Crippen LogP contribution in [-0.4, -0.2) is 56.6 Å². The molecule has 2 aromatic carbocycles. The van der Waals surface area contributed by atoms with Gasteiger partial charge in [-0.1, -0.05) is 23.2 Å². The molecule has 1 fully saturated rings. The third kappa shape index (κ3) is 4.56. The van der Waals surface area contributed by atoms with E-state index in [1.54, 1.807) is 0 Å². The summed E-state index contributed by atoms with van der Waals surface area (Å²) in [5, 5.41) is 0.812. The Kier molecular flexibility index (Phi) is 6.61. The maximum Gasteiger partial charge on any atom is 0.254 e. The Morgan fingerprint density at radius 3 is 2.03 bits per heavy atom. The lowest BCUT2D eigenvalue weighted by molar-refractivity contribution is 0.273. The van der Waals surface area contributed by atoms with E-state index in [-0.39, 0.29) is 45.3 Å². The van der Waals surface area contributed by atoms with E-state index in [0.717, 1.165) is 11.3 Å². The number of nitrogens with zero attached hydrogens (tertiary/aromatic N) is 3. The van der Waals surface area contributed by atoms with Gasteiger partial charge in [-0.05, 0) is 42.5 Å². The van der Waals surface area contributed by atoms with E-state index in [0.29, 0.717) is 10.6 Å². The van der Waals surface area contributed by atoms with Gasteiger partial charge in [0.1, 0.15) is 10.8 Å². The molecule has 1 aromatic heterocycles. The Bertz CT molecular complexity index is 1350. The number of piperazine rings is 1. The topological polar surface area (TPSA) is 87.7 Å². The summed E-state index contributed by atoms with van der Waals surface area (Å²) in [6.45, 7) is -0.0316. The predicted octanol–water partition coefficient (Wildman–Crippen LogP) is 3.95. The standard InChI is InChI=1S/C19H16Cl2FN3O4S3/c20-16-6-5-15(11-17(16)21)31(26,27)24-7-9-25(10-8-24)32(28,29)18-12-23-19(30-18)13-1-3-14(22)4-2-13/h1-6,11-12H,7-10H2. The zero-order valence-corrected chi connectivity index (χ0v) is 20.2. The molecule has 1 aliphatic heterocycles. The summed E-state index contributed by atoms with van der Waals surface area (Å²) in [5.74, 6) is -0.396. The molecule has 0 bridgehead atoms. The molecule has 4 rings (SSSR count). The third-order valence-corrected chi connectivity index (χ3v) is 10.9. The van der Waals surface area contributed by atoms with Crippen LogP contribution in [0.25, 0.3) is 10.6 Å².